The van der Waals surface area contributed by atoms with Gasteiger partial charge in [-0.05, 0) is 36.4 Å². The summed E-state index contributed by atoms with van der Waals surface area (Å²) in [6.45, 7) is 0.356. The van der Waals surface area contributed by atoms with Crippen LogP contribution in [0.3, 0.4) is 0 Å². The zero-order chi connectivity index (χ0) is 24.7. The molecule has 3 aromatic heterocycles. The number of thioether (sulfide) groups is 1. The molecule has 10 heteroatoms. The summed E-state index contributed by atoms with van der Waals surface area (Å²) in [4.78, 5) is 21.3. The van der Waals surface area contributed by atoms with E-state index < -0.39 is 0 Å². The van der Waals surface area contributed by atoms with Gasteiger partial charge in [0, 0.05) is 22.8 Å². The minimum Gasteiger partial charge on any atom is -0.497 e. The van der Waals surface area contributed by atoms with Crippen molar-refractivity contribution in [3.63, 3.8) is 0 Å². The molecule has 36 heavy (non-hydrogen) atoms. The number of methoxy groups -OCH3 is 1. The zero-order valence-electron chi connectivity index (χ0n) is 19.4. The maximum atomic E-state index is 12.5. The second-order valence-corrected chi connectivity index (χ2v) is 9.51. The Hall–Kier alpha value is -4.02. The van der Waals surface area contributed by atoms with E-state index in [-0.39, 0.29) is 5.91 Å². The third-order valence-corrected chi connectivity index (χ3v) is 7.21. The van der Waals surface area contributed by atoms with Crippen molar-refractivity contribution in [3.8, 4) is 22.8 Å². The first-order valence-corrected chi connectivity index (χ1v) is 13.0. The number of carbonyl (C=O) groups excluding carboxylic acids is 1. The van der Waals surface area contributed by atoms with E-state index in [9.17, 15) is 4.79 Å². The Morgan fingerprint density at radius 2 is 1.92 bits per heavy atom. The van der Waals surface area contributed by atoms with E-state index in [4.69, 9.17) is 4.74 Å². The summed E-state index contributed by atoms with van der Waals surface area (Å²) in [5.41, 5.74) is 3.05. The summed E-state index contributed by atoms with van der Waals surface area (Å²) in [7, 11) is 1.64. The van der Waals surface area contributed by atoms with Gasteiger partial charge in [0.25, 0.3) is 5.91 Å². The van der Waals surface area contributed by atoms with Gasteiger partial charge in [-0.25, -0.2) is 4.98 Å². The fourth-order valence-electron chi connectivity index (χ4n) is 3.49. The molecule has 0 aliphatic heterocycles. The van der Waals surface area contributed by atoms with E-state index in [2.05, 4.69) is 25.5 Å². The van der Waals surface area contributed by atoms with E-state index >= 15 is 0 Å². The number of amides is 1. The lowest BCUT2D eigenvalue weighted by Crippen LogP contribution is -2.23. The smallest absolute Gasteiger partial charge is 0.271 e. The van der Waals surface area contributed by atoms with Crippen LogP contribution < -0.4 is 10.1 Å². The number of hydrogen-bond acceptors (Lipinski definition) is 8. The number of carbonyl (C=O) groups is 1. The maximum absolute atomic E-state index is 12.5. The minimum atomic E-state index is -0.221. The number of nitrogens with one attached hydrogen (secondary N) is 1. The van der Waals surface area contributed by atoms with Crippen molar-refractivity contribution in [2.75, 3.05) is 7.11 Å². The monoisotopic (exact) mass is 514 g/mol. The van der Waals surface area contributed by atoms with Gasteiger partial charge in [0.15, 0.2) is 11.0 Å². The van der Waals surface area contributed by atoms with Gasteiger partial charge in [0.2, 0.25) is 0 Å². The van der Waals surface area contributed by atoms with Crippen LogP contribution in [0.1, 0.15) is 21.2 Å². The van der Waals surface area contributed by atoms with Gasteiger partial charge in [-0.15, -0.1) is 21.5 Å². The van der Waals surface area contributed by atoms with Crippen molar-refractivity contribution in [2.45, 2.75) is 17.5 Å². The van der Waals surface area contributed by atoms with Crippen LogP contribution in [0.2, 0.25) is 0 Å². The third-order valence-electron chi connectivity index (χ3n) is 5.24. The fraction of sp³-hybridized carbons (Fsp3) is 0.115. The second kappa shape index (κ2) is 11.1. The minimum absolute atomic E-state index is 0.221. The third kappa shape index (κ3) is 5.45. The molecule has 0 saturated carbocycles. The highest BCUT2D eigenvalue weighted by Crippen LogP contribution is 2.31. The van der Waals surface area contributed by atoms with Crippen LogP contribution in [0.25, 0.3) is 17.1 Å². The lowest BCUT2D eigenvalue weighted by molar-refractivity contribution is 0.0946. The fourth-order valence-corrected chi connectivity index (χ4v) is 5.24. The molecule has 0 radical (unpaired) electrons. The zero-order valence-corrected chi connectivity index (χ0v) is 21.0. The lowest BCUT2D eigenvalue weighted by atomic mass is 10.2. The molecule has 0 aliphatic carbocycles. The van der Waals surface area contributed by atoms with E-state index in [0.717, 1.165) is 38.7 Å². The van der Waals surface area contributed by atoms with Crippen LogP contribution in [-0.4, -0.2) is 37.7 Å². The molecule has 0 saturated heterocycles. The van der Waals surface area contributed by atoms with Crippen molar-refractivity contribution in [3.05, 3.63) is 101 Å². The predicted octanol–water partition coefficient (Wildman–Crippen LogP) is 5.02. The highest BCUT2D eigenvalue weighted by atomic mass is 32.2. The van der Waals surface area contributed by atoms with Gasteiger partial charge >= 0.3 is 0 Å². The standard InChI is InChI=1S/C26H22N6O2S2/c1-34-21-12-7-8-18(14-21)24-30-31-26(32(24)20-10-3-2-4-11-20)36-17-23-29-22(16-35-23)25(33)28-15-19-9-5-6-13-27-19/h2-14,16H,15,17H2,1H3,(H,28,33). The average molecular weight is 515 g/mol. The molecule has 0 fully saturated rings. The molecular formula is C26H22N6O2S2. The molecule has 1 amide bonds. The van der Waals surface area contributed by atoms with Gasteiger partial charge in [-0.3, -0.25) is 14.3 Å². The Morgan fingerprint density at radius 3 is 2.72 bits per heavy atom. The summed E-state index contributed by atoms with van der Waals surface area (Å²) in [5, 5.41) is 15.1. The maximum Gasteiger partial charge on any atom is 0.271 e. The van der Waals surface area contributed by atoms with Crippen LogP contribution in [0, 0.1) is 0 Å². The Kier molecular flexibility index (Phi) is 7.34. The lowest BCUT2D eigenvalue weighted by Gasteiger charge is -2.10. The molecule has 0 spiro atoms. The molecule has 2 aromatic carbocycles. The number of para-hydroxylation sites is 1. The molecule has 0 unspecified atom stereocenters. The summed E-state index contributed by atoms with van der Waals surface area (Å²) >= 11 is 2.97. The van der Waals surface area contributed by atoms with E-state index in [0.29, 0.717) is 18.0 Å². The van der Waals surface area contributed by atoms with Crippen molar-refractivity contribution >= 4 is 29.0 Å². The highest BCUT2D eigenvalue weighted by molar-refractivity contribution is 7.98. The van der Waals surface area contributed by atoms with Crippen LogP contribution in [0.5, 0.6) is 5.75 Å². The SMILES string of the molecule is COc1cccc(-c2nnc(SCc3nc(C(=O)NCc4ccccn4)cs3)n2-c2ccccc2)c1. The Morgan fingerprint density at radius 1 is 1.06 bits per heavy atom. The van der Waals surface area contributed by atoms with Gasteiger partial charge in [-0.1, -0.05) is 48.2 Å². The number of hydrogen-bond donors (Lipinski definition) is 1. The van der Waals surface area contributed by atoms with Crippen molar-refractivity contribution in [1.29, 1.82) is 0 Å². The van der Waals surface area contributed by atoms with Crippen LogP contribution in [0.15, 0.2) is 89.5 Å². The van der Waals surface area contributed by atoms with Crippen LogP contribution in [0.4, 0.5) is 0 Å². The van der Waals surface area contributed by atoms with Gasteiger partial charge in [-0.2, -0.15) is 0 Å². The first kappa shape index (κ1) is 23.7. The Balaban J connectivity index is 1.33. The molecule has 5 aromatic rings. The average Bonchev–Trinajstić information content (AvgIpc) is 3.59. The molecule has 5 rings (SSSR count). The Bertz CT molecular complexity index is 1450. The number of pyridine rings is 1. The van der Waals surface area contributed by atoms with Crippen molar-refractivity contribution in [2.24, 2.45) is 0 Å². The van der Waals surface area contributed by atoms with E-state index in [1.807, 2.05) is 77.4 Å². The van der Waals surface area contributed by atoms with Crippen molar-refractivity contribution < 1.29 is 9.53 Å². The van der Waals surface area contributed by atoms with E-state index in [1.165, 1.54) is 23.1 Å². The van der Waals surface area contributed by atoms with Crippen molar-refractivity contribution in [1.82, 2.24) is 30.0 Å². The number of nitrogens with zero attached hydrogens (tertiary/aromatic N) is 5. The highest BCUT2D eigenvalue weighted by Gasteiger charge is 2.18. The topological polar surface area (TPSA) is 94.8 Å². The molecular weight excluding hydrogens is 492 g/mol. The number of benzene rings is 2. The normalized spacial score (nSPS) is 10.8. The molecule has 180 valence electrons. The number of ether oxygens (including phenoxy) is 1. The number of thiazole rings is 1. The summed E-state index contributed by atoms with van der Waals surface area (Å²) in [5.74, 6) is 1.81. The molecule has 0 atom stereocenters. The largest absolute Gasteiger partial charge is 0.497 e. The van der Waals surface area contributed by atoms with Gasteiger partial charge in [0.05, 0.1) is 25.1 Å². The second-order valence-electron chi connectivity index (χ2n) is 7.63. The molecule has 1 N–H and O–H groups in total. The van der Waals surface area contributed by atoms with Crippen LogP contribution in [-0.2, 0) is 12.3 Å². The number of aromatic nitrogens is 5. The first-order chi connectivity index (χ1) is 17.7. The van der Waals surface area contributed by atoms with Gasteiger partial charge in [0.1, 0.15) is 16.5 Å². The molecule has 0 bridgehead atoms. The summed E-state index contributed by atoms with van der Waals surface area (Å²) < 4.78 is 7.41. The quantitative estimate of drug-likeness (QED) is 0.276. The molecule has 8 nitrogen and oxygen atoms in total. The molecule has 3 heterocycles. The van der Waals surface area contributed by atoms with Gasteiger partial charge < -0.3 is 10.1 Å². The predicted molar refractivity (Wildman–Crippen MR) is 140 cm³/mol. The summed E-state index contributed by atoms with van der Waals surface area (Å²) in [6, 6.07) is 23.3. The molecule has 0 aliphatic rings. The first-order valence-electron chi connectivity index (χ1n) is 11.1. The summed E-state index contributed by atoms with van der Waals surface area (Å²) in [6.07, 6.45) is 1.70. The number of rotatable bonds is 9. The van der Waals surface area contributed by atoms with Crippen LogP contribution >= 0.6 is 23.1 Å². The Labute approximate surface area is 216 Å². The van der Waals surface area contributed by atoms with E-state index in [1.54, 1.807) is 18.7 Å².